The lowest BCUT2D eigenvalue weighted by molar-refractivity contribution is 0.0915. The number of carbonyl (C=O) groups excluding carboxylic acids is 1. The van der Waals surface area contributed by atoms with Crippen LogP contribution in [-0.2, 0) is 0 Å². The van der Waals surface area contributed by atoms with E-state index in [0.29, 0.717) is 5.69 Å². The number of amides is 1. The lowest BCUT2D eigenvalue weighted by Crippen LogP contribution is -2.33. The molecule has 0 radical (unpaired) electrons. The van der Waals surface area contributed by atoms with Crippen LogP contribution in [0.3, 0.4) is 0 Å². The van der Waals surface area contributed by atoms with Crippen molar-refractivity contribution in [3.63, 3.8) is 0 Å². The molecule has 0 fully saturated rings. The van der Waals surface area contributed by atoms with Gasteiger partial charge in [0, 0.05) is 6.20 Å². The molecule has 3 rings (SSSR count). The number of benzene rings is 1. The second-order valence-electron chi connectivity index (χ2n) is 5.45. The topological polar surface area (TPSA) is 86.5 Å². The van der Waals surface area contributed by atoms with Crippen molar-refractivity contribution >= 4 is 16.9 Å². The molecule has 3 N–H and O–H groups in total. The molecule has 0 spiro atoms. The zero-order chi connectivity index (χ0) is 15.5. The van der Waals surface area contributed by atoms with Gasteiger partial charge in [0.05, 0.1) is 17.1 Å². The highest BCUT2D eigenvalue weighted by molar-refractivity contribution is 5.92. The summed E-state index contributed by atoms with van der Waals surface area (Å²) < 4.78 is 0. The van der Waals surface area contributed by atoms with E-state index in [2.05, 4.69) is 39.3 Å². The number of hydrogen-bond donors (Lipinski definition) is 3. The Balaban J connectivity index is 1.90. The van der Waals surface area contributed by atoms with Crippen LogP contribution in [0.5, 0.6) is 0 Å². The van der Waals surface area contributed by atoms with Gasteiger partial charge in [-0.1, -0.05) is 32.4 Å². The number of para-hydroxylation sites is 2. The molecule has 0 saturated carbocycles. The van der Waals surface area contributed by atoms with E-state index < -0.39 is 0 Å². The van der Waals surface area contributed by atoms with Crippen LogP contribution in [0.2, 0.25) is 0 Å². The molecule has 0 aliphatic rings. The van der Waals surface area contributed by atoms with Gasteiger partial charge in [-0.25, -0.2) is 4.98 Å². The molecule has 114 valence electrons. The normalized spacial score (nSPS) is 13.9. The lowest BCUT2D eigenvalue weighted by atomic mass is 9.98. The molecular formula is C16H19N5O. The first-order chi connectivity index (χ1) is 10.7. The minimum Gasteiger partial charge on any atom is -0.340 e. The molecular weight excluding hydrogens is 278 g/mol. The number of nitrogens with one attached hydrogen (secondary N) is 3. The average Bonchev–Trinajstić information content (AvgIpc) is 3.20. The van der Waals surface area contributed by atoms with Crippen molar-refractivity contribution in [2.24, 2.45) is 5.92 Å². The van der Waals surface area contributed by atoms with E-state index in [4.69, 9.17) is 0 Å². The number of imidazole rings is 1. The quantitative estimate of drug-likeness (QED) is 0.677. The van der Waals surface area contributed by atoms with Crippen molar-refractivity contribution in [3.05, 3.63) is 48.0 Å². The van der Waals surface area contributed by atoms with Crippen LogP contribution >= 0.6 is 0 Å². The van der Waals surface area contributed by atoms with Crippen molar-refractivity contribution < 1.29 is 4.79 Å². The largest absolute Gasteiger partial charge is 0.340 e. The minimum atomic E-state index is -0.178. The van der Waals surface area contributed by atoms with E-state index in [1.54, 1.807) is 12.3 Å². The Bertz CT molecular complexity index is 729. The van der Waals surface area contributed by atoms with E-state index in [1.807, 2.05) is 24.3 Å². The summed E-state index contributed by atoms with van der Waals surface area (Å²) in [6.07, 6.45) is 2.50. The Kier molecular flexibility index (Phi) is 3.91. The molecule has 2 heterocycles. The maximum absolute atomic E-state index is 12.3. The summed E-state index contributed by atoms with van der Waals surface area (Å²) >= 11 is 0. The van der Waals surface area contributed by atoms with Gasteiger partial charge in [-0.2, -0.15) is 5.10 Å². The fourth-order valence-corrected chi connectivity index (χ4v) is 2.44. The zero-order valence-corrected chi connectivity index (χ0v) is 12.6. The Morgan fingerprint density at radius 2 is 2.14 bits per heavy atom. The SMILES string of the molecule is CC[C@H](C)[C@@H](NC(=O)c1ccn[nH]1)c1nc2ccccc2[nH]1. The van der Waals surface area contributed by atoms with Gasteiger partial charge in [-0.05, 0) is 24.1 Å². The Labute approximate surface area is 128 Å². The van der Waals surface area contributed by atoms with Crippen LogP contribution in [0, 0.1) is 5.92 Å². The Hall–Kier alpha value is -2.63. The van der Waals surface area contributed by atoms with E-state index in [0.717, 1.165) is 23.3 Å². The van der Waals surface area contributed by atoms with E-state index >= 15 is 0 Å². The predicted molar refractivity (Wildman–Crippen MR) is 84.3 cm³/mol. The van der Waals surface area contributed by atoms with Crippen LogP contribution in [0.25, 0.3) is 11.0 Å². The van der Waals surface area contributed by atoms with Crippen LogP contribution in [0.15, 0.2) is 36.5 Å². The standard InChI is InChI=1S/C16H19N5O/c1-3-10(2)14(20-16(22)13-8-9-17-21-13)15-18-11-6-4-5-7-12(11)19-15/h4-10,14H,3H2,1-2H3,(H,17,21)(H,18,19)(H,20,22)/t10-,14+/m0/s1. The van der Waals surface area contributed by atoms with Crippen molar-refractivity contribution in [1.29, 1.82) is 0 Å². The molecule has 1 aromatic carbocycles. The molecule has 2 atom stereocenters. The second kappa shape index (κ2) is 6.01. The van der Waals surface area contributed by atoms with Crippen molar-refractivity contribution in [1.82, 2.24) is 25.5 Å². The van der Waals surface area contributed by atoms with Crippen LogP contribution < -0.4 is 5.32 Å². The third-order valence-electron chi connectivity index (χ3n) is 3.95. The zero-order valence-electron chi connectivity index (χ0n) is 12.6. The molecule has 0 saturated heterocycles. The molecule has 22 heavy (non-hydrogen) atoms. The van der Waals surface area contributed by atoms with Crippen molar-refractivity contribution in [2.45, 2.75) is 26.3 Å². The van der Waals surface area contributed by atoms with Gasteiger partial charge in [-0.3, -0.25) is 9.89 Å². The van der Waals surface area contributed by atoms with Crippen LogP contribution in [-0.4, -0.2) is 26.1 Å². The van der Waals surface area contributed by atoms with Gasteiger partial charge in [0.25, 0.3) is 5.91 Å². The van der Waals surface area contributed by atoms with Crippen molar-refractivity contribution in [2.75, 3.05) is 0 Å². The van der Waals surface area contributed by atoms with Gasteiger partial charge < -0.3 is 10.3 Å². The highest BCUT2D eigenvalue weighted by Gasteiger charge is 2.24. The average molecular weight is 297 g/mol. The third kappa shape index (κ3) is 2.72. The summed E-state index contributed by atoms with van der Waals surface area (Å²) in [5.74, 6) is 0.860. The molecule has 3 aromatic rings. The Morgan fingerprint density at radius 3 is 2.82 bits per heavy atom. The van der Waals surface area contributed by atoms with Crippen LogP contribution in [0.4, 0.5) is 0 Å². The van der Waals surface area contributed by atoms with Crippen molar-refractivity contribution in [3.8, 4) is 0 Å². The predicted octanol–water partition coefficient (Wildman–Crippen LogP) is 2.80. The van der Waals surface area contributed by atoms with E-state index in [-0.39, 0.29) is 17.9 Å². The second-order valence-corrected chi connectivity index (χ2v) is 5.45. The smallest absolute Gasteiger partial charge is 0.269 e. The summed E-state index contributed by atoms with van der Waals surface area (Å²) in [4.78, 5) is 20.2. The fraction of sp³-hybridized carbons (Fsp3) is 0.312. The number of H-pyrrole nitrogens is 2. The van der Waals surface area contributed by atoms with Gasteiger partial charge in [0.1, 0.15) is 11.5 Å². The number of aromatic nitrogens is 4. The molecule has 6 nitrogen and oxygen atoms in total. The molecule has 2 aromatic heterocycles. The van der Waals surface area contributed by atoms with Gasteiger partial charge >= 0.3 is 0 Å². The number of carbonyl (C=O) groups is 1. The minimum absolute atomic E-state index is 0.173. The monoisotopic (exact) mass is 297 g/mol. The highest BCUT2D eigenvalue weighted by Crippen LogP contribution is 2.24. The summed E-state index contributed by atoms with van der Waals surface area (Å²) in [5, 5.41) is 9.54. The maximum atomic E-state index is 12.3. The Morgan fingerprint density at radius 1 is 1.32 bits per heavy atom. The summed E-state index contributed by atoms with van der Waals surface area (Å²) in [6.45, 7) is 4.20. The molecule has 0 aliphatic heterocycles. The summed E-state index contributed by atoms with van der Waals surface area (Å²) in [5.41, 5.74) is 2.33. The van der Waals surface area contributed by atoms with Gasteiger partial charge in [0.2, 0.25) is 0 Å². The van der Waals surface area contributed by atoms with Gasteiger partial charge in [-0.15, -0.1) is 0 Å². The number of nitrogens with zero attached hydrogens (tertiary/aromatic N) is 2. The number of rotatable bonds is 5. The first-order valence-electron chi connectivity index (χ1n) is 7.44. The molecule has 0 bridgehead atoms. The first-order valence-corrected chi connectivity index (χ1v) is 7.44. The first kappa shape index (κ1) is 14.3. The fourth-order valence-electron chi connectivity index (χ4n) is 2.44. The molecule has 1 amide bonds. The number of aromatic amines is 2. The van der Waals surface area contributed by atoms with Crippen LogP contribution in [0.1, 0.15) is 42.6 Å². The number of fused-ring (bicyclic) bond motifs is 1. The van der Waals surface area contributed by atoms with Gasteiger partial charge in [0.15, 0.2) is 0 Å². The third-order valence-corrected chi connectivity index (χ3v) is 3.95. The summed E-state index contributed by atoms with van der Waals surface area (Å²) in [6, 6.07) is 9.34. The van der Waals surface area contributed by atoms with E-state index in [1.165, 1.54) is 0 Å². The highest BCUT2D eigenvalue weighted by atomic mass is 16.2. The summed E-state index contributed by atoms with van der Waals surface area (Å²) in [7, 11) is 0. The lowest BCUT2D eigenvalue weighted by Gasteiger charge is -2.22. The molecule has 0 unspecified atom stereocenters. The number of hydrogen-bond acceptors (Lipinski definition) is 3. The molecule has 6 heteroatoms. The molecule has 0 aliphatic carbocycles. The maximum Gasteiger partial charge on any atom is 0.269 e. The van der Waals surface area contributed by atoms with E-state index in [9.17, 15) is 4.79 Å².